The van der Waals surface area contributed by atoms with Crippen molar-refractivity contribution >= 4 is 7.69 Å². The highest BCUT2D eigenvalue weighted by Gasteiger charge is 1.91. The summed E-state index contributed by atoms with van der Waals surface area (Å²) < 4.78 is 12.1. The van der Waals surface area contributed by atoms with Crippen LogP contribution in [0.2, 0.25) is 0 Å². The van der Waals surface area contributed by atoms with E-state index in [2.05, 4.69) is 0 Å². The third-order valence-electron chi connectivity index (χ3n) is 0.852. The molecular weight excluding hydrogens is 150 g/mol. The molecule has 1 aromatic carbocycles. The van der Waals surface area contributed by atoms with Gasteiger partial charge in [-0.1, -0.05) is 12.1 Å². The van der Waals surface area contributed by atoms with E-state index < -0.39 is 5.82 Å². The Labute approximate surface area is 64.0 Å². The van der Waals surface area contributed by atoms with E-state index in [4.69, 9.17) is 15.2 Å². The molecule has 0 amide bonds. The number of phenolic OH excluding ortho intramolecular Hbond substituents is 1. The third-order valence-corrected chi connectivity index (χ3v) is 0.852. The third kappa shape index (κ3) is 4.35. The summed E-state index contributed by atoms with van der Waals surface area (Å²) in [6, 6.07) is 5.60. The van der Waals surface area contributed by atoms with Crippen LogP contribution in [0, 0.1) is 5.82 Å². The monoisotopic (exact) mass is 157 g/mol. The van der Waals surface area contributed by atoms with Gasteiger partial charge in [0, 0.05) is 0 Å². The highest BCUT2D eigenvalue weighted by molar-refractivity contribution is 6.13. The molecule has 0 atom stereocenters. The second-order valence-corrected chi connectivity index (χ2v) is 1.57. The standard InChI is InChI=1S/C6H5FO.BH2O2/c7-5-3-1-2-4-6(5)8;2-1-3/h1-4,8H;2-3H. The van der Waals surface area contributed by atoms with Gasteiger partial charge in [-0.25, -0.2) is 4.39 Å². The summed E-state index contributed by atoms with van der Waals surface area (Å²) in [5.74, 6) is -0.875. The van der Waals surface area contributed by atoms with Crippen molar-refractivity contribution in [3.05, 3.63) is 30.1 Å². The van der Waals surface area contributed by atoms with Crippen LogP contribution >= 0.6 is 0 Å². The van der Waals surface area contributed by atoms with Gasteiger partial charge in [0.1, 0.15) is 0 Å². The predicted molar refractivity (Wildman–Crippen MR) is 38.3 cm³/mol. The first kappa shape index (κ1) is 9.93. The van der Waals surface area contributed by atoms with Crippen molar-refractivity contribution in [3.63, 3.8) is 0 Å². The second-order valence-electron chi connectivity index (χ2n) is 1.57. The van der Waals surface area contributed by atoms with Gasteiger partial charge < -0.3 is 15.2 Å². The Morgan fingerprint density at radius 1 is 1.18 bits per heavy atom. The van der Waals surface area contributed by atoms with Gasteiger partial charge in [0.15, 0.2) is 11.6 Å². The molecule has 0 heterocycles. The highest BCUT2D eigenvalue weighted by atomic mass is 19.1. The summed E-state index contributed by atoms with van der Waals surface area (Å²) in [4.78, 5) is 0. The zero-order chi connectivity index (χ0) is 8.69. The molecule has 3 N–H and O–H groups in total. The van der Waals surface area contributed by atoms with E-state index in [0.29, 0.717) is 0 Å². The molecule has 11 heavy (non-hydrogen) atoms. The Hall–Kier alpha value is -1.07. The summed E-state index contributed by atoms with van der Waals surface area (Å²) in [5.41, 5.74) is 0. The first-order chi connectivity index (χ1) is 5.22. The molecular formula is C6H7BFO3. The predicted octanol–water partition coefficient (Wildman–Crippen LogP) is 0.0365. The van der Waals surface area contributed by atoms with Crippen LogP contribution < -0.4 is 0 Å². The van der Waals surface area contributed by atoms with E-state index in [1.807, 2.05) is 0 Å². The smallest absolute Gasteiger partial charge is 0.482 e. The van der Waals surface area contributed by atoms with Crippen molar-refractivity contribution in [3.8, 4) is 5.75 Å². The summed E-state index contributed by atoms with van der Waals surface area (Å²) >= 11 is 0. The first-order valence-electron chi connectivity index (χ1n) is 2.76. The average molecular weight is 157 g/mol. The number of hydrogen-bond acceptors (Lipinski definition) is 3. The van der Waals surface area contributed by atoms with Crippen LogP contribution in [0.3, 0.4) is 0 Å². The number of phenols is 1. The molecule has 0 aliphatic heterocycles. The lowest BCUT2D eigenvalue weighted by atomic mass is 10.3. The zero-order valence-corrected chi connectivity index (χ0v) is 5.61. The molecule has 0 aromatic heterocycles. The molecule has 0 spiro atoms. The zero-order valence-electron chi connectivity index (χ0n) is 5.61. The quantitative estimate of drug-likeness (QED) is 0.465. The van der Waals surface area contributed by atoms with Crippen LogP contribution in [0.5, 0.6) is 5.75 Å². The van der Waals surface area contributed by atoms with E-state index >= 15 is 0 Å². The van der Waals surface area contributed by atoms with Gasteiger partial charge in [-0.2, -0.15) is 0 Å². The Morgan fingerprint density at radius 2 is 1.64 bits per heavy atom. The van der Waals surface area contributed by atoms with Crippen molar-refractivity contribution in [2.45, 2.75) is 0 Å². The molecule has 3 nitrogen and oxygen atoms in total. The second kappa shape index (κ2) is 5.70. The molecule has 1 rings (SSSR count). The highest BCUT2D eigenvalue weighted by Crippen LogP contribution is 2.11. The number of para-hydroxylation sites is 1. The number of halogens is 1. The average Bonchev–Trinajstić information content (AvgIpc) is 1.97. The van der Waals surface area contributed by atoms with Gasteiger partial charge >= 0.3 is 7.69 Å². The number of benzene rings is 1. The maximum absolute atomic E-state index is 12.1. The molecule has 0 aliphatic carbocycles. The summed E-state index contributed by atoms with van der Waals surface area (Å²) in [5, 5.41) is 22.5. The van der Waals surface area contributed by atoms with Gasteiger partial charge in [0.25, 0.3) is 0 Å². The van der Waals surface area contributed by atoms with Crippen molar-refractivity contribution in [2.75, 3.05) is 0 Å². The van der Waals surface area contributed by atoms with Crippen molar-refractivity contribution in [1.82, 2.24) is 0 Å². The fourth-order valence-corrected chi connectivity index (χ4v) is 0.452. The fraction of sp³-hybridized carbons (Fsp3) is 0. The van der Waals surface area contributed by atoms with Gasteiger partial charge in [0.2, 0.25) is 0 Å². The minimum absolute atomic E-state index is 0. The summed E-state index contributed by atoms with van der Waals surface area (Å²) in [7, 11) is 0. The number of rotatable bonds is 0. The molecule has 0 saturated heterocycles. The van der Waals surface area contributed by atoms with E-state index in [0.717, 1.165) is 0 Å². The lowest BCUT2D eigenvalue weighted by Gasteiger charge is -1.88. The Balaban J connectivity index is 0.000000292. The van der Waals surface area contributed by atoms with Crippen molar-refractivity contribution < 1.29 is 19.5 Å². The maximum Gasteiger partial charge on any atom is 0.482 e. The lowest BCUT2D eigenvalue weighted by Crippen LogP contribution is -1.75. The maximum atomic E-state index is 12.1. The van der Waals surface area contributed by atoms with Crippen LogP contribution in [-0.4, -0.2) is 22.8 Å². The van der Waals surface area contributed by atoms with Crippen LogP contribution in [0.25, 0.3) is 0 Å². The van der Waals surface area contributed by atoms with Gasteiger partial charge in [-0.15, -0.1) is 0 Å². The first-order valence-corrected chi connectivity index (χ1v) is 2.76. The fourth-order valence-electron chi connectivity index (χ4n) is 0.452. The van der Waals surface area contributed by atoms with E-state index in [9.17, 15) is 4.39 Å². The van der Waals surface area contributed by atoms with Crippen LogP contribution in [-0.2, 0) is 0 Å². The summed E-state index contributed by atoms with van der Waals surface area (Å²) in [6.07, 6.45) is 0. The lowest BCUT2D eigenvalue weighted by molar-refractivity contribution is 0.432. The normalized spacial score (nSPS) is 7.91. The largest absolute Gasteiger partial charge is 0.505 e. The van der Waals surface area contributed by atoms with Crippen LogP contribution in [0.1, 0.15) is 0 Å². The van der Waals surface area contributed by atoms with Crippen molar-refractivity contribution in [1.29, 1.82) is 0 Å². The SMILES string of the molecule is O[B]O.Oc1ccccc1F. The number of hydrogen-bond donors (Lipinski definition) is 3. The molecule has 1 radical (unpaired) electrons. The molecule has 0 unspecified atom stereocenters. The molecule has 0 bridgehead atoms. The molecule has 0 saturated carbocycles. The van der Waals surface area contributed by atoms with Crippen LogP contribution in [0.15, 0.2) is 24.3 Å². The Bertz CT molecular complexity index is 186. The van der Waals surface area contributed by atoms with Crippen molar-refractivity contribution in [2.24, 2.45) is 0 Å². The van der Waals surface area contributed by atoms with Gasteiger partial charge in [-0.3, -0.25) is 0 Å². The Morgan fingerprint density at radius 3 is 1.91 bits per heavy atom. The molecule has 0 aliphatic rings. The van der Waals surface area contributed by atoms with E-state index in [1.165, 1.54) is 18.2 Å². The summed E-state index contributed by atoms with van der Waals surface area (Å²) in [6.45, 7) is 0. The minimum Gasteiger partial charge on any atom is -0.505 e. The molecule has 5 heteroatoms. The molecule has 0 fully saturated rings. The molecule has 1 aromatic rings. The number of aromatic hydroxyl groups is 1. The Kier molecular flexibility index (Phi) is 5.15. The van der Waals surface area contributed by atoms with E-state index in [-0.39, 0.29) is 13.4 Å². The minimum atomic E-state index is -0.576. The van der Waals surface area contributed by atoms with E-state index in [1.54, 1.807) is 6.07 Å². The van der Waals surface area contributed by atoms with Crippen LogP contribution in [0.4, 0.5) is 4.39 Å². The van der Waals surface area contributed by atoms with Gasteiger partial charge in [0.05, 0.1) is 0 Å². The topological polar surface area (TPSA) is 60.7 Å². The van der Waals surface area contributed by atoms with Gasteiger partial charge in [-0.05, 0) is 12.1 Å². The molecule has 59 valence electrons.